The third kappa shape index (κ3) is 7.77. The van der Waals surface area contributed by atoms with Crippen LogP contribution in [0.2, 0.25) is 0 Å². The summed E-state index contributed by atoms with van der Waals surface area (Å²) in [6, 6.07) is 24.3. The number of rotatable bonds is 12. The van der Waals surface area contributed by atoms with Crippen molar-refractivity contribution in [2.75, 3.05) is 27.4 Å². The smallest absolute Gasteiger partial charge is 0.471 e. The number of aromatic nitrogens is 2. The first-order valence-corrected chi connectivity index (χ1v) is 15.2. The Bertz CT molecular complexity index is 1830. The summed E-state index contributed by atoms with van der Waals surface area (Å²) in [7, 11) is 3.14. The Morgan fingerprint density at radius 2 is 1.53 bits per heavy atom. The molecule has 0 aliphatic carbocycles. The highest BCUT2D eigenvalue weighted by molar-refractivity contribution is 5.81. The van der Waals surface area contributed by atoms with Gasteiger partial charge in [0.2, 0.25) is 0 Å². The van der Waals surface area contributed by atoms with Crippen molar-refractivity contribution in [2.45, 2.75) is 36.6 Å². The molecule has 5 rings (SSSR count). The molecule has 0 saturated carbocycles. The van der Waals surface area contributed by atoms with Gasteiger partial charge in [-0.3, -0.25) is 19.1 Å². The van der Waals surface area contributed by atoms with E-state index < -0.39 is 53.9 Å². The monoisotopic (exact) mass is 681 g/mol. The van der Waals surface area contributed by atoms with Crippen LogP contribution in [0.25, 0.3) is 6.08 Å². The lowest BCUT2D eigenvalue weighted by Crippen LogP contribution is -2.38. The second-order valence-corrected chi connectivity index (χ2v) is 11.1. The van der Waals surface area contributed by atoms with Crippen LogP contribution in [0.5, 0.6) is 11.5 Å². The number of hydrogen-bond donors (Lipinski definition) is 3. The summed E-state index contributed by atoms with van der Waals surface area (Å²) in [4.78, 5) is 38.4. The molecule has 0 spiro atoms. The van der Waals surface area contributed by atoms with Gasteiger partial charge in [-0.05, 0) is 41.0 Å². The molecule has 14 heteroatoms. The standard InChI is InChI=1S/C35H34F3N3O8/c1-46-26-14-10-24(11-15-26)34(23-8-4-3-5-9-23,25-12-16-27(47-2)17-13-25)48-21-29-28(42)19-30(49-29)41-20-22(31(43)40-33(41)45)7-6-18-39-32(44)35(36,37)38/h3-17,20,28-30,42H,18-19,21H2,1-2H3,(H,39,44)(H,40,43,45)/t28?,29-,30-/m0/s1. The summed E-state index contributed by atoms with van der Waals surface area (Å²) >= 11 is 0. The van der Waals surface area contributed by atoms with Gasteiger partial charge in [0.1, 0.15) is 29.4 Å². The summed E-state index contributed by atoms with van der Waals surface area (Å²) in [5.41, 5.74) is -0.599. The average molecular weight is 682 g/mol. The number of methoxy groups -OCH3 is 2. The van der Waals surface area contributed by atoms with Gasteiger partial charge in [-0.1, -0.05) is 66.7 Å². The molecule has 1 aliphatic rings. The van der Waals surface area contributed by atoms with E-state index in [1.807, 2.05) is 78.9 Å². The molecule has 11 nitrogen and oxygen atoms in total. The molecule has 1 saturated heterocycles. The van der Waals surface area contributed by atoms with Gasteiger partial charge < -0.3 is 29.4 Å². The summed E-state index contributed by atoms with van der Waals surface area (Å²) < 4.78 is 62.1. The first kappa shape index (κ1) is 35.1. The fraction of sp³-hybridized carbons (Fsp3) is 0.286. The zero-order chi connectivity index (χ0) is 35.2. The number of benzene rings is 3. The number of nitrogens with zero attached hydrogens (tertiary/aromatic N) is 1. The number of amides is 1. The van der Waals surface area contributed by atoms with E-state index >= 15 is 0 Å². The third-order valence-electron chi connectivity index (χ3n) is 8.08. The van der Waals surface area contributed by atoms with Crippen LogP contribution in [0.3, 0.4) is 0 Å². The molecule has 1 aliphatic heterocycles. The Labute approximate surface area is 278 Å². The van der Waals surface area contributed by atoms with Crippen LogP contribution < -0.4 is 26.0 Å². The van der Waals surface area contributed by atoms with Gasteiger partial charge in [0.15, 0.2) is 0 Å². The van der Waals surface area contributed by atoms with Crippen LogP contribution in [-0.2, 0) is 19.9 Å². The second-order valence-electron chi connectivity index (χ2n) is 11.1. The number of carbonyl (C=O) groups is 1. The lowest BCUT2D eigenvalue weighted by Gasteiger charge is -2.37. The number of ether oxygens (including phenoxy) is 4. The topological polar surface area (TPSA) is 141 Å². The molecule has 1 aromatic heterocycles. The van der Waals surface area contributed by atoms with E-state index in [2.05, 4.69) is 4.98 Å². The molecule has 0 radical (unpaired) electrons. The molecule has 1 unspecified atom stereocenters. The summed E-state index contributed by atoms with van der Waals surface area (Å²) in [5, 5.41) is 12.8. The molecule has 258 valence electrons. The van der Waals surface area contributed by atoms with Crippen LogP contribution in [0.1, 0.15) is 34.9 Å². The van der Waals surface area contributed by atoms with Crippen molar-refractivity contribution in [1.82, 2.24) is 14.9 Å². The predicted molar refractivity (Wildman–Crippen MR) is 172 cm³/mol. The van der Waals surface area contributed by atoms with E-state index in [-0.39, 0.29) is 18.6 Å². The quantitative estimate of drug-likeness (QED) is 0.191. The van der Waals surface area contributed by atoms with Crippen molar-refractivity contribution in [3.63, 3.8) is 0 Å². The van der Waals surface area contributed by atoms with Crippen LogP contribution in [0.15, 0.2) is 101 Å². The average Bonchev–Trinajstić information content (AvgIpc) is 3.47. The van der Waals surface area contributed by atoms with Crippen molar-refractivity contribution < 1.29 is 42.0 Å². The van der Waals surface area contributed by atoms with Crippen molar-refractivity contribution in [2.24, 2.45) is 0 Å². The fourth-order valence-corrected chi connectivity index (χ4v) is 5.59. The number of aliphatic hydroxyl groups is 1. The van der Waals surface area contributed by atoms with Gasteiger partial charge in [0.05, 0.1) is 32.5 Å². The molecule has 49 heavy (non-hydrogen) atoms. The molecule has 4 aromatic rings. The minimum atomic E-state index is -5.05. The zero-order valence-corrected chi connectivity index (χ0v) is 26.5. The van der Waals surface area contributed by atoms with Crippen LogP contribution >= 0.6 is 0 Å². The number of hydrogen-bond acceptors (Lipinski definition) is 8. The van der Waals surface area contributed by atoms with Gasteiger partial charge in [0.25, 0.3) is 5.56 Å². The molecular formula is C35H34F3N3O8. The largest absolute Gasteiger partial charge is 0.497 e. The number of H-pyrrole nitrogens is 1. The van der Waals surface area contributed by atoms with Crippen molar-refractivity contribution in [3.05, 3.63) is 134 Å². The van der Waals surface area contributed by atoms with Gasteiger partial charge in [-0.25, -0.2) is 4.79 Å². The normalized spacial score (nSPS) is 18.0. The molecule has 0 bridgehead atoms. The van der Waals surface area contributed by atoms with Gasteiger partial charge in [0, 0.05) is 19.2 Å². The van der Waals surface area contributed by atoms with Crippen LogP contribution in [0.4, 0.5) is 13.2 Å². The maximum atomic E-state index is 12.8. The van der Waals surface area contributed by atoms with Crippen LogP contribution in [0, 0.1) is 0 Å². The van der Waals surface area contributed by atoms with Gasteiger partial charge in [-0.2, -0.15) is 13.2 Å². The lowest BCUT2D eigenvalue weighted by molar-refractivity contribution is -0.173. The van der Waals surface area contributed by atoms with Crippen molar-refractivity contribution in [3.8, 4) is 11.5 Å². The number of aromatic amines is 1. The Hall–Kier alpha value is -5.18. The minimum Gasteiger partial charge on any atom is -0.497 e. The molecule has 3 aromatic carbocycles. The second kappa shape index (κ2) is 14.9. The van der Waals surface area contributed by atoms with E-state index in [9.17, 15) is 32.7 Å². The van der Waals surface area contributed by atoms with Crippen LogP contribution in [-0.4, -0.2) is 66.3 Å². The number of carbonyl (C=O) groups excluding carboxylic acids is 1. The van der Waals surface area contributed by atoms with E-state index in [0.717, 1.165) is 33.4 Å². The Kier molecular flexibility index (Phi) is 10.7. The number of alkyl halides is 3. The Morgan fingerprint density at radius 1 is 0.959 bits per heavy atom. The fourth-order valence-electron chi connectivity index (χ4n) is 5.59. The molecule has 2 heterocycles. The highest BCUT2D eigenvalue weighted by Crippen LogP contribution is 2.42. The zero-order valence-electron chi connectivity index (χ0n) is 26.5. The SMILES string of the molecule is COc1ccc(C(OC[C@@H]2O[C@H](n3cc(C=CCNC(=O)C(F)(F)F)c(=O)[nH]c3=O)CC2O)(c2ccccc2)c2ccc(OC)cc2)cc1. The van der Waals surface area contributed by atoms with E-state index in [1.165, 1.54) is 6.20 Å². The molecule has 1 fully saturated rings. The van der Waals surface area contributed by atoms with E-state index in [1.54, 1.807) is 19.5 Å². The van der Waals surface area contributed by atoms with E-state index in [4.69, 9.17) is 18.9 Å². The van der Waals surface area contributed by atoms with Gasteiger partial charge in [-0.15, -0.1) is 0 Å². The summed E-state index contributed by atoms with van der Waals surface area (Å²) in [6.07, 6.45) is -4.63. The highest BCUT2D eigenvalue weighted by atomic mass is 19.4. The molecule has 3 atom stereocenters. The van der Waals surface area contributed by atoms with Crippen molar-refractivity contribution in [1.29, 1.82) is 0 Å². The first-order chi connectivity index (χ1) is 23.5. The lowest BCUT2D eigenvalue weighted by atomic mass is 9.80. The highest BCUT2D eigenvalue weighted by Gasteiger charge is 2.42. The van der Waals surface area contributed by atoms with E-state index in [0.29, 0.717) is 11.5 Å². The molecule has 1 amide bonds. The molecule has 3 N–H and O–H groups in total. The predicted octanol–water partition coefficient (Wildman–Crippen LogP) is 3.90. The molecular weight excluding hydrogens is 647 g/mol. The third-order valence-corrected chi connectivity index (χ3v) is 8.08. The number of halogens is 3. The summed E-state index contributed by atoms with van der Waals surface area (Å²) in [6.45, 7) is -0.644. The van der Waals surface area contributed by atoms with Gasteiger partial charge >= 0.3 is 17.8 Å². The van der Waals surface area contributed by atoms with Crippen molar-refractivity contribution >= 4 is 12.0 Å². The number of aliphatic hydroxyl groups excluding tert-OH is 1. The summed E-state index contributed by atoms with van der Waals surface area (Å²) in [5.74, 6) is -0.846. The first-order valence-electron chi connectivity index (χ1n) is 15.2. The maximum Gasteiger partial charge on any atom is 0.471 e. The Balaban J connectivity index is 1.43. The Morgan fingerprint density at radius 3 is 2.08 bits per heavy atom. The minimum absolute atomic E-state index is 0.0336. The number of nitrogens with one attached hydrogen (secondary N) is 2. The maximum absolute atomic E-state index is 12.8.